The summed E-state index contributed by atoms with van der Waals surface area (Å²) in [6.45, 7) is 3.14. The molecular weight excluding hydrogens is 615 g/mol. The number of hydrogen-bond acceptors (Lipinski definition) is 9. The van der Waals surface area contributed by atoms with Crippen LogP contribution in [0.15, 0.2) is 20.9 Å². The van der Waals surface area contributed by atoms with Gasteiger partial charge >= 0.3 is 11.4 Å². The third kappa shape index (κ3) is 15.9. The van der Waals surface area contributed by atoms with E-state index in [0.717, 1.165) is 23.8 Å². The van der Waals surface area contributed by atoms with Crippen LogP contribution in [0.2, 0.25) is 0 Å². The molecule has 2 heterocycles. The van der Waals surface area contributed by atoms with Gasteiger partial charge in [0.2, 0.25) is 7.60 Å². The maximum atomic E-state index is 12.3. The molecule has 1 aromatic heterocycles. The van der Waals surface area contributed by atoms with Gasteiger partial charge in [-0.05, 0) is 18.9 Å². The number of carbonyl (C=O) groups is 1. The van der Waals surface area contributed by atoms with E-state index in [9.17, 15) is 23.8 Å². The van der Waals surface area contributed by atoms with Gasteiger partial charge in [0.05, 0.1) is 25.4 Å². The smallest absolute Gasteiger partial charge is 0.377 e. The number of rotatable bonds is 25. The number of aryl methyl sites for hydroxylation is 1. The van der Waals surface area contributed by atoms with E-state index in [2.05, 4.69) is 21.9 Å². The lowest BCUT2D eigenvalue weighted by Gasteiger charge is -2.24. The zero-order valence-corrected chi connectivity index (χ0v) is 29.1. The first-order chi connectivity index (χ1) is 21.7. The maximum Gasteiger partial charge on any atom is 0.377 e. The predicted molar refractivity (Wildman–Crippen MR) is 177 cm³/mol. The topological polar surface area (TPSA) is 225 Å². The Kier molecular flexibility index (Phi) is 21.5. The van der Waals surface area contributed by atoms with Gasteiger partial charge in [0.25, 0.3) is 5.56 Å². The highest BCUT2D eigenvalue weighted by atomic mass is 31.2. The van der Waals surface area contributed by atoms with Crippen LogP contribution in [-0.4, -0.2) is 40.6 Å². The monoisotopic (exact) mass is 672 g/mol. The van der Waals surface area contributed by atoms with E-state index in [-0.39, 0.29) is 24.7 Å². The van der Waals surface area contributed by atoms with Crippen LogP contribution in [0.25, 0.3) is 10.4 Å². The zero-order chi connectivity index (χ0) is 32.9. The molecular formula is C31H57N6O8P. The molecule has 15 heteroatoms. The Morgan fingerprint density at radius 1 is 1.00 bits per heavy atom. The van der Waals surface area contributed by atoms with Gasteiger partial charge in [-0.3, -0.25) is 18.9 Å². The molecule has 2 rings (SSSR count). The summed E-state index contributed by atoms with van der Waals surface area (Å²) in [4.78, 5) is 53.2. The molecule has 4 unspecified atom stereocenters. The Labute approximate surface area is 272 Å². The maximum absolute atomic E-state index is 12.3. The van der Waals surface area contributed by atoms with Crippen molar-refractivity contribution in [2.45, 2.75) is 154 Å². The summed E-state index contributed by atoms with van der Waals surface area (Å²) in [6, 6.07) is -0.866. The minimum atomic E-state index is -5.03. The third-order valence-electron chi connectivity index (χ3n) is 8.22. The second-order valence-corrected chi connectivity index (χ2v) is 13.7. The highest BCUT2D eigenvalue weighted by molar-refractivity contribution is 7.69. The largest absolute Gasteiger partial charge is 0.770 e. The number of aromatic amines is 1. The Morgan fingerprint density at radius 3 is 2.00 bits per heavy atom. The fourth-order valence-corrected chi connectivity index (χ4v) is 6.19. The molecule has 0 aromatic carbocycles. The Morgan fingerprint density at radius 2 is 1.50 bits per heavy atom. The van der Waals surface area contributed by atoms with Gasteiger partial charge in [0, 0.05) is 23.1 Å². The van der Waals surface area contributed by atoms with E-state index >= 15 is 0 Å². The van der Waals surface area contributed by atoms with Crippen molar-refractivity contribution in [1.82, 2.24) is 15.7 Å². The number of unbranched alkanes of at least 4 members (excludes halogenated alkanes) is 17. The van der Waals surface area contributed by atoms with Gasteiger partial charge < -0.3 is 25.0 Å². The molecule has 1 saturated heterocycles. The predicted octanol–water partition coefficient (Wildman–Crippen LogP) is 7.94. The lowest BCUT2D eigenvalue weighted by molar-refractivity contribution is -0.198. The van der Waals surface area contributed by atoms with Crippen molar-refractivity contribution < 1.29 is 28.3 Å². The third-order valence-corrected chi connectivity index (χ3v) is 9.28. The average molecular weight is 673 g/mol. The highest BCUT2D eigenvalue weighted by Crippen LogP contribution is 2.41. The van der Waals surface area contributed by atoms with Crippen LogP contribution in [-0.2, 0) is 18.6 Å². The van der Waals surface area contributed by atoms with Gasteiger partial charge in [-0.1, -0.05) is 121 Å². The molecule has 0 spiro atoms. The number of aromatic nitrogens is 2. The number of nitrogens with one attached hydrogen (secondary N) is 1. The lowest BCUT2D eigenvalue weighted by atomic mass is 10.0. The summed E-state index contributed by atoms with van der Waals surface area (Å²) in [5, 5.41) is 3.61. The van der Waals surface area contributed by atoms with Crippen LogP contribution in [0.4, 0.5) is 4.79 Å². The summed E-state index contributed by atoms with van der Waals surface area (Å²) in [5.74, 6) is 0. The molecule has 1 aliphatic rings. The van der Waals surface area contributed by atoms with Gasteiger partial charge in [-0.2, -0.15) is 0 Å². The molecule has 1 aromatic rings. The van der Waals surface area contributed by atoms with E-state index in [4.69, 9.17) is 19.5 Å². The normalized spacial score (nSPS) is 18.8. The van der Waals surface area contributed by atoms with Crippen LogP contribution in [0, 0.1) is 6.92 Å². The quantitative estimate of drug-likeness (QED) is 0.0340. The first kappa shape index (κ1) is 41.6. The summed E-state index contributed by atoms with van der Waals surface area (Å²) in [6.07, 6.45) is 21.5. The lowest BCUT2D eigenvalue weighted by Crippen LogP contribution is -2.33. The van der Waals surface area contributed by atoms with E-state index in [0.29, 0.717) is 6.42 Å². The molecule has 0 amide bonds. The molecule has 1 aliphatic heterocycles. The SMILES string of the molecule is CCCCCCCCCCCCCCCCCCCCOC(=O)P(=O)([O-])OCC1OC(n2cc(C)c(=O)[nH]c2=O)CC1N=[N+]=[N-].[NH4+]. The Hall–Kier alpha value is -2.47. The first-order valence-electron chi connectivity index (χ1n) is 16.8. The molecule has 264 valence electrons. The summed E-state index contributed by atoms with van der Waals surface area (Å²) >= 11 is 0. The van der Waals surface area contributed by atoms with E-state index in [1.807, 2.05) is 0 Å². The molecule has 5 N–H and O–H groups in total. The average Bonchev–Trinajstić information content (AvgIpc) is 3.41. The minimum Gasteiger partial charge on any atom is -0.770 e. The van der Waals surface area contributed by atoms with Crippen molar-refractivity contribution in [3.63, 3.8) is 0 Å². The Bertz CT molecular complexity index is 1220. The molecule has 1 fully saturated rings. The van der Waals surface area contributed by atoms with Crippen molar-refractivity contribution in [3.05, 3.63) is 43.0 Å². The number of carbonyl (C=O) groups excluding carboxylic acids is 1. The van der Waals surface area contributed by atoms with Crippen LogP contribution >= 0.6 is 7.60 Å². The van der Waals surface area contributed by atoms with Crippen molar-refractivity contribution >= 4 is 13.3 Å². The molecule has 0 saturated carbocycles. The van der Waals surface area contributed by atoms with Gasteiger partial charge in [-0.25, -0.2) is 9.59 Å². The van der Waals surface area contributed by atoms with Crippen LogP contribution < -0.4 is 22.3 Å². The molecule has 0 radical (unpaired) electrons. The molecule has 14 nitrogen and oxygen atoms in total. The first-order valence-corrected chi connectivity index (χ1v) is 18.4. The Balaban J connectivity index is 0.0000106. The minimum absolute atomic E-state index is 0. The number of hydrogen-bond donors (Lipinski definition) is 2. The standard InChI is InChI=1S/C31H54N5O8P.H3N/c1-3-4-5-6-7-8-9-10-11-12-13-14-15-16-17-18-19-20-21-42-31(39)45(40,41)43-24-27-26(34-35-32)22-28(44-27)36-23-25(2)29(37)33-30(36)38;/h23,26-28H,3-22,24H2,1-2H3,(H,40,41)(H,33,37,38);1H3. The second kappa shape index (κ2) is 23.8. The van der Waals surface area contributed by atoms with Crippen molar-refractivity contribution in [3.8, 4) is 0 Å². The van der Waals surface area contributed by atoms with Crippen LogP contribution in [0.1, 0.15) is 141 Å². The second-order valence-electron chi connectivity index (χ2n) is 12.0. The molecule has 0 aliphatic carbocycles. The van der Waals surface area contributed by atoms with Crippen molar-refractivity contribution in [2.24, 2.45) is 5.11 Å². The van der Waals surface area contributed by atoms with Crippen molar-refractivity contribution in [1.29, 1.82) is 0 Å². The summed E-state index contributed by atoms with van der Waals surface area (Å²) < 4.78 is 29.0. The van der Waals surface area contributed by atoms with E-state index < -0.39 is 49.5 Å². The fourth-order valence-electron chi connectivity index (χ4n) is 5.49. The fraction of sp³-hybridized carbons (Fsp3) is 0.839. The number of ether oxygens (including phenoxy) is 2. The molecule has 4 atom stereocenters. The van der Waals surface area contributed by atoms with Crippen molar-refractivity contribution in [2.75, 3.05) is 13.2 Å². The number of quaternary nitrogens is 1. The number of nitrogens with zero attached hydrogens (tertiary/aromatic N) is 4. The molecule has 0 bridgehead atoms. The number of azide groups is 1. The van der Waals surface area contributed by atoms with Gasteiger partial charge in [-0.15, -0.1) is 0 Å². The molecule has 46 heavy (non-hydrogen) atoms. The summed E-state index contributed by atoms with van der Waals surface area (Å²) in [7, 11) is -5.03. The zero-order valence-electron chi connectivity index (χ0n) is 28.2. The summed E-state index contributed by atoms with van der Waals surface area (Å²) in [5.41, 5.74) is 6.42. The van der Waals surface area contributed by atoms with Gasteiger partial charge in [0.1, 0.15) is 6.23 Å². The number of H-pyrrole nitrogens is 1. The van der Waals surface area contributed by atoms with E-state index in [1.165, 1.54) is 103 Å². The van der Waals surface area contributed by atoms with Gasteiger partial charge in [0.15, 0.2) is 0 Å². The van der Waals surface area contributed by atoms with Crippen LogP contribution in [0.3, 0.4) is 0 Å². The highest BCUT2D eigenvalue weighted by Gasteiger charge is 2.38. The van der Waals surface area contributed by atoms with E-state index in [1.54, 1.807) is 0 Å². The van der Waals surface area contributed by atoms with Crippen LogP contribution in [0.5, 0.6) is 0 Å².